The Morgan fingerprint density at radius 2 is 2.07 bits per heavy atom. The molecule has 0 atom stereocenters. The van der Waals surface area contributed by atoms with Crippen LogP contribution >= 0.6 is 0 Å². The lowest BCUT2D eigenvalue weighted by Gasteiger charge is -2.02. The van der Waals surface area contributed by atoms with Gasteiger partial charge in [-0.3, -0.25) is 0 Å². The highest BCUT2D eigenvalue weighted by Gasteiger charge is 2.05. The van der Waals surface area contributed by atoms with Gasteiger partial charge in [0.15, 0.2) is 0 Å². The van der Waals surface area contributed by atoms with Gasteiger partial charge in [0.25, 0.3) is 0 Å². The van der Waals surface area contributed by atoms with Gasteiger partial charge in [-0.1, -0.05) is 6.08 Å². The summed E-state index contributed by atoms with van der Waals surface area (Å²) < 4.78 is 4.92. The minimum atomic E-state index is -0.383. The van der Waals surface area contributed by atoms with Crippen molar-refractivity contribution in [1.82, 2.24) is 0 Å². The molecule has 0 fully saturated rings. The molecule has 0 bridgehead atoms. The molecule has 0 aliphatic carbocycles. The molecular formula is C11H12O3. The van der Waals surface area contributed by atoms with Crippen LogP contribution in [-0.2, 0) is 4.74 Å². The predicted octanol–water partition coefficient (Wildman–Crippen LogP) is 2.13. The summed E-state index contributed by atoms with van der Waals surface area (Å²) in [4.78, 5) is 11.3. The van der Waals surface area contributed by atoms with Crippen molar-refractivity contribution < 1.29 is 14.6 Å². The van der Waals surface area contributed by atoms with Crippen molar-refractivity contribution in [2.24, 2.45) is 0 Å². The van der Waals surface area contributed by atoms with Gasteiger partial charge < -0.3 is 9.84 Å². The van der Waals surface area contributed by atoms with Crippen LogP contribution in [0.4, 0.5) is 0 Å². The third-order valence-electron chi connectivity index (χ3n) is 1.66. The van der Waals surface area contributed by atoms with E-state index in [0.29, 0.717) is 18.6 Å². The molecule has 0 heterocycles. The fourth-order valence-electron chi connectivity index (χ4n) is 0.916. The van der Waals surface area contributed by atoms with E-state index in [1.165, 1.54) is 24.3 Å². The molecule has 3 heteroatoms. The monoisotopic (exact) mass is 192 g/mol. The van der Waals surface area contributed by atoms with Gasteiger partial charge in [-0.05, 0) is 30.7 Å². The molecule has 0 amide bonds. The van der Waals surface area contributed by atoms with Crippen LogP contribution < -0.4 is 0 Å². The van der Waals surface area contributed by atoms with Gasteiger partial charge in [0.2, 0.25) is 0 Å². The first kappa shape index (κ1) is 10.3. The molecule has 0 spiro atoms. The van der Waals surface area contributed by atoms with Crippen LogP contribution in [0.15, 0.2) is 36.9 Å². The highest BCUT2D eigenvalue weighted by Crippen LogP contribution is 2.10. The molecule has 0 aromatic heterocycles. The molecule has 0 unspecified atom stereocenters. The summed E-state index contributed by atoms with van der Waals surface area (Å²) in [5.41, 5.74) is 0.437. The zero-order valence-electron chi connectivity index (χ0n) is 7.77. The Bertz CT molecular complexity index is 314. The fraction of sp³-hybridized carbons (Fsp3) is 0.182. The van der Waals surface area contributed by atoms with Crippen LogP contribution in [0.2, 0.25) is 0 Å². The maximum Gasteiger partial charge on any atom is 0.338 e. The number of hydrogen-bond donors (Lipinski definition) is 1. The molecule has 1 aromatic carbocycles. The zero-order chi connectivity index (χ0) is 10.4. The average Bonchev–Trinajstić information content (AvgIpc) is 2.19. The van der Waals surface area contributed by atoms with Crippen LogP contribution in [0.25, 0.3) is 0 Å². The fourth-order valence-corrected chi connectivity index (χ4v) is 0.916. The van der Waals surface area contributed by atoms with E-state index >= 15 is 0 Å². The molecule has 3 nitrogen and oxygen atoms in total. The third-order valence-corrected chi connectivity index (χ3v) is 1.66. The first-order chi connectivity index (χ1) is 6.74. The summed E-state index contributed by atoms with van der Waals surface area (Å²) >= 11 is 0. The Labute approximate surface area is 82.6 Å². The zero-order valence-corrected chi connectivity index (χ0v) is 7.77. The second-order valence-electron chi connectivity index (χ2n) is 2.76. The van der Waals surface area contributed by atoms with E-state index < -0.39 is 0 Å². The van der Waals surface area contributed by atoms with Crippen LogP contribution in [-0.4, -0.2) is 17.7 Å². The first-order valence-electron chi connectivity index (χ1n) is 4.31. The number of phenolic OH excluding ortho intramolecular Hbond substituents is 1. The molecule has 1 rings (SSSR count). The Morgan fingerprint density at radius 1 is 1.43 bits per heavy atom. The van der Waals surface area contributed by atoms with Crippen molar-refractivity contribution in [3.05, 3.63) is 42.5 Å². The van der Waals surface area contributed by atoms with E-state index in [4.69, 9.17) is 9.84 Å². The van der Waals surface area contributed by atoms with Gasteiger partial charge in [-0.25, -0.2) is 4.79 Å². The summed E-state index contributed by atoms with van der Waals surface area (Å²) in [5.74, 6) is -0.250. The van der Waals surface area contributed by atoms with Crippen LogP contribution in [0.5, 0.6) is 5.75 Å². The SMILES string of the molecule is C=CCCOC(=O)c1ccc(O)cc1. The minimum Gasteiger partial charge on any atom is -0.508 e. The van der Waals surface area contributed by atoms with Crippen molar-refractivity contribution in [1.29, 1.82) is 0 Å². The van der Waals surface area contributed by atoms with Crippen molar-refractivity contribution in [3.63, 3.8) is 0 Å². The van der Waals surface area contributed by atoms with Crippen molar-refractivity contribution in [3.8, 4) is 5.75 Å². The topological polar surface area (TPSA) is 46.5 Å². The summed E-state index contributed by atoms with van der Waals surface area (Å²) in [7, 11) is 0. The molecule has 0 radical (unpaired) electrons. The lowest BCUT2D eigenvalue weighted by Crippen LogP contribution is -2.05. The minimum absolute atomic E-state index is 0.132. The Morgan fingerprint density at radius 3 is 2.64 bits per heavy atom. The van der Waals surface area contributed by atoms with Crippen molar-refractivity contribution >= 4 is 5.97 Å². The number of ether oxygens (including phenoxy) is 1. The second kappa shape index (κ2) is 5.07. The smallest absolute Gasteiger partial charge is 0.338 e. The van der Waals surface area contributed by atoms with Gasteiger partial charge in [-0.15, -0.1) is 6.58 Å². The number of carbonyl (C=O) groups excluding carboxylic acids is 1. The largest absolute Gasteiger partial charge is 0.508 e. The van der Waals surface area contributed by atoms with E-state index in [1.54, 1.807) is 6.08 Å². The summed E-state index contributed by atoms with van der Waals surface area (Å²) in [6.45, 7) is 3.85. The van der Waals surface area contributed by atoms with Gasteiger partial charge in [-0.2, -0.15) is 0 Å². The Hall–Kier alpha value is -1.77. The van der Waals surface area contributed by atoms with E-state index in [-0.39, 0.29) is 11.7 Å². The highest BCUT2D eigenvalue weighted by atomic mass is 16.5. The molecule has 74 valence electrons. The lowest BCUT2D eigenvalue weighted by molar-refractivity contribution is 0.0512. The number of esters is 1. The number of carbonyl (C=O) groups is 1. The quantitative estimate of drug-likeness (QED) is 0.451. The normalized spacial score (nSPS) is 9.43. The molecule has 0 aliphatic rings. The molecule has 0 aliphatic heterocycles. The second-order valence-corrected chi connectivity index (χ2v) is 2.76. The van der Waals surface area contributed by atoms with Crippen LogP contribution in [0, 0.1) is 0 Å². The molecule has 1 aromatic rings. The predicted molar refractivity (Wildman–Crippen MR) is 53.2 cm³/mol. The van der Waals surface area contributed by atoms with Gasteiger partial charge in [0, 0.05) is 0 Å². The summed E-state index contributed by atoms with van der Waals surface area (Å²) in [6, 6.07) is 5.94. The summed E-state index contributed by atoms with van der Waals surface area (Å²) in [5, 5.41) is 8.99. The average molecular weight is 192 g/mol. The van der Waals surface area contributed by atoms with Gasteiger partial charge in [0.1, 0.15) is 5.75 Å². The molecule has 0 saturated heterocycles. The molecule has 14 heavy (non-hydrogen) atoms. The number of phenols is 1. The summed E-state index contributed by atoms with van der Waals surface area (Å²) in [6.07, 6.45) is 2.33. The number of rotatable bonds is 4. The Kier molecular flexibility index (Phi) is 3.73. The van der Waals surface area contributed by atoms with Crippen LogP contribution in [0.1, 0.15) is 16.8 Å². The van der Waals surface area contributed by atoms with Gasteiger partial charge in [0.05, 0.1) is 12.2 Å². The van der Waals surface area contributed by atoms with E-state index in [1.807, 2.05) is 0 Å². The van der Waals surface area contributed by atoms with Crippen molar-refractivity contribution in [2.45, 2.75) is 6.42 Å². The third kappa shape index (κ3) is 2.94. The highest BCUT2D eigenvalue weighted by molar-refractivity contribution is 5.89. The van der Waals surface area contributed by atoms with Crippen molar-refractivity contribution in [2.75, 3.05) is 6.61 Å². The molecule has 0 saturated carbocycles. The van der Waals surface area contributed by atoms with E-state index in [9.17, 15) is 4.79 Å². The standard InChI is InChI=1S/C11H12O3/c1-2-3-8-14-11(13)9-4-6-10(12)7-5-9/h2,4-7,12H,1,3,8H2. The Balaban J connectivity index is 2.52. The maximum absolute atomic E-state index is 11.3. The number of hydrogen-bond acceptors (Lipinski definition) is 3. The maximum atomic E-state index is 11.3. The first-order valence-corrected chi connectivity index (χ1v) is 4.31. The molecular weight excluding hydrogens is 180 g/mol. The van der Waals surface area contributed by atoms with Gasteiger partial charge >= 0.3 is 5.97 Å². The van der Waals surface area contributed by atoms with E-state index in [2.05, 4.69) is 6.58 Å². The number of aromatic hydroxyl groups is 1. The lowest BCUT2D eigenvalue weighted by atomic mass is 10.2. The van der Waals surface area contributed by atoms with E-state index in [0.717, 1.165) is 0 Å². The van der Waals surface area contributed by atoms with Crippen LogP contribution in [0.3, 0.4) is 0 Å². The molecule has 1 N–H and O–H groups in total. The number of benzene rings is 1.